The Bertz CT molecular complexity index is 271. The van der Waals surface area contributed by atoms with Crippen molar-refractivity contribution in [2.75, 3.05) is 20.6 Å². The van der Waals surface area contributed by atoms with E-state index in [1.807, 2.05) is 7.05 Å². The van der Waals surface area contributed by atoms with Gasteiger partial charge >= 0.3 is 0 Å². The molecule has 0 aromatic heterocycles. The lowest BCUT2D eigenvalue weighted by molar-refractivity contribution is 0.222. The molecule has 0 amide bonds. The van der Waals surface area contributed by atoms with Crippen LogP contribution in [0.2, 0.25) is 0 Å². The zero-order chi connectivity index (χ0) is 11.3. The summed E-state index contributed by atoms with van der Waals surface area (Å²) < 4.78 is 0. The van der Waals surface area contributed by atoms with Crippen molar-refractivity contribution in [1.29, 1.82) is 0 Å². The van der Waals surface area contributed by atoms with Gasteiger partial charge in [0, 0.05) is 12.1 Å². The fourth-order valence-electron chi connectivity index (χ4n) is 1.89. The van der Waals surface area contributed by atoms with Gasteiger partial charge in [0.2, 0.25) is 0 Å². The Kier molecular flexibility index (Phi) is 4.79. The minimum atomic E-state index is 0.399. The van der Waals surface area contributed by atoms with Crippen LogP contribution in [-0.4, -0.2) is 31.6 Å². The van der Waals surface area contributed by atoms with Gasteiger partial charge in [0.05, 0.1) is 0 Å². The van der Waals surface area contributed by atoms with Crippen molar-refractivity contribution in [1.82, 2.24) is 10.2 Å². The third-order valence-electron chi connectivity index (χ3n) is 3.15. The maximum atomic E-state index is 3.39. The molecule has 0 aliphatic heterocycles. The van der Waals surface area contributed by atoms with Gasteiger partial charge in [-0.25, -0.2) is 0 Å². The highest BCUT2D eigenvalue weighted by atomic mass is 15.1. The highest BCUT2D eigenvalue weighted by Gasteiger charge is 2.19. The number of hydrogen-bond donors (Lipinski definition) is 1. The number of benzene rings is 1. The molecule has 15 heavy (non-hydrogen) atoms. The van der Waals surface area contributed by atoms with Crippen LogP contribution in [-0.2, 0) is 0 Å². The van der Waals surface area contributed by atoms with Gasteiger partial charge in [0.15, 0.2) is 0 Å². The van der Waals surface area contributed by atoms with Crippen molar-refractivity contribution >= 4 is 0 Å². The summed E-state index contributed by atoms with van der Waals surface area (Å²) in [7, 11) is 4.19. The van der Waals surface area contributed by atoms with Gasteiger partial charge in [-0.05, 0) is 33.1 Å². The molecule has 0 saturated heterocycles. The van der Waals surface area contributed by atoms with Crippen LogP contribution in [0.25, 0.3) is 0 Å². The van der Waals surface area contributed by atoms with E-state index in [-0.39, 0.29) is 0 Å². The van der Waals surface area contributed by atoms with Crippen molar-refractivity contribution in [3.8, 4) is 0 Å². The minimum Gasteiger partial charge on any atom is -0.312 e. The average molecular weight is 206 g/mol. The van der Waals surface area contributed by atoms with Gasteiger partial charge in [-0.3, -0.25) is 0 Å². The summed E-state index contributed by atoms with van der Waals surface area (Å²) in [5.41, 5.74) is 1.35. The first-order chi connectivity index (χ1) is 7.20. The van der Waals surface area contributed by atoms with Crippen LogP contribution in [0.5, 0.6) is 0 Å². The largest absolute Gasteiger partial charge is 0.312 e. The molecule has 0 radical (unpaired) electrons. The molecule has 84 valence electrons. The Labute approximate surface area is 93.3 Å². The molecule has 0 aliphatic rings. The molecule has 2 atom stereocenters. The van der Waals surface area contributed by atoms with Crippen molar-refractivity contribution in [3.63, 3.8) is 0 Å². The molecule has 1 aromatic rings. The summed E-state index contributed by atoms with van der Waals surface area (Å²) in [6, 6.07) is 11.5. The van der Waals surface area contributed by atoms with E-state index in [1.54, 1.807) is 0 Å². The smallest absolute Gasteiger partial charge is 0.0472 e. The van der Waals surface area contributed by atoms with Crippen LogP contribution >= 0.6 is 0 Å². The molecule has 1 N–H and O–H groups in total. The van der Waals surface area contributed by atoms with Crippen LogP contribution in [0, 0.1) is 0 Å². The van der Waals surface area contributed by atoms with E-state index in [0.29, 0.717) is 12.1 Å². The first-order valence-electron chi connectivity index (χ1n) is 5.63. The van der Waals surface area contributed by atoms with E-state index in [0.717, 1.165) is 6.54 Å². The molecule has 0 bridgehead atoms. The lowest BCUT2D eigenvalue weighted by Gasteiger charge is -2.31. The zero-order valence-corrected chi connectivity index (χ0v) is 10.2. The van der Waals surface area contributed by atoms with Gasteiger partial charge < -0.3 is 10.2 Å². The van der Waals surface area contributed by atoms with Crippen molar-refractivity contribution in [3.05, 3.63) is 35.9 Å². The van der Waals surface area contributed by atoms with E-state index < -0.39 is 0 Å². The number of rotatable bonds is 5. The Morgan fingerprint density at radius 2 is 1.87 bits per heavy atom. The van der Waals surface area contributed by atoms with Crippen molar-refractivity contribution in [2.45, 2.75) is 25.9 Å². The number of nitrogens with one attached hydrogen (secondary N) is 1. The third kappa shape index (κ3) is 3.05. The van der Waals surface area contributed by atoms with Crippen LogP contribution in [0.15, 0.2) is 30.3 Å². The van der Waals surface area contributed by atoms with E-state index in [1.165, 1.54) is 5.56 Å². The molecule has 0 spiro atoms. The third-order valence-corrected chi connectivity index (χ3v) is 3.15. The molecule has 2 heteroatoms. The standard InChI is InChI=1S/C13H22N2/c1-5-15(4)11(2)13(14-3)12-9-7-6-8-10-12/h6-11,13-14H,5H2,1-4H3. The lowest BCUT2D eigenvalue weighted by Crippen LogP contribution is -2.39. The number of nitrogens with zero attached hydrogens (tertiary/aromatic N) is 1. The van der Waals surface area contributed by atoms with Gasteiger partial charge in [-0.2, -0.15) is 0 Å². The van der Waals surface area contributed by atoms with E-state index in [4.69, 9.17) is 0 Å². The molecule has 2 nitrogen and oxygen atoms in total. The topological polar surface area (TPSA) is 15.3 Å². The summed E-state index contributed by atoms with van der Waals surface area (Å²) in [5.74, 6) is 0. The summed E-state index contributed by atoms with van der Waals surface area (Å²) in [5, 5.41) is 3.39. The Morgan fingerprint density at radius 3 is 2.33 bits per heavy atom. The quantitative estimate of drug-likeness (QED) is 0.795. The Morgan fingerprint density at radius 1 is 1.27 bits per heavy atom. The molecule has 1 rings (SSSR count). The molecular weight excluding hydrogens is 184 g/mol. The molecule has 0 aliphatic carbocycles. The Hall–Kier alpha value is -0.860. The van der Waals surface area contributed by atoms with Crippen molar-refractivity contribution in [2.24, 2.45) is 0 Å². The maximum Gasteiger partial charge on any atom is 0.0472 e. The highest BCUT2D eigenvalue weighted by Crippen LogP contribution is 2.19. The first kappa shape index (κ1) is 12.2. The predicted molar refractivity (Wildman–Crippen MR) is 66.0 cm³/mol. The molecule has 2 unspecified atom stereocenters. The summed E-state index contributed by atoms with van der Waals surface area (Å²) >= 11 is 0. The van der Waals surface area contributed by atoms with Gasteiger partial charge in [-0.1, -0.05) is 37.3 Å². The monoisotopic (exact) mass is 206 g/mol. The summed E-state index contributed by atoms with van der Waals surface area (Å²) in [6.45, 7) is 5.53. The summed E-state index contributed by atoms with van der Waals surface area (Å²) in [6.07, 6.45) is 0. The molecule has 0 heterocycles. The fraction of sp³-hybridized carbons (Fsp3) is 0.538. The zero-order valence-electron chi connectivity index (χ0n) is 10.2. The SMILES string of the molecule is CCN(C)C(C)C(NC)c1ccccc1. The number of hydrogen-bond acceptors (Lipinski definition) is 2. The first-order valence-corrected chi connectivity index (χ1v) is 5.63. The molecule has 0 saturated carbocycles. The van der Waals surface area contributed by atoms with Crippen LogP contribution in [0.3, 0.4) is 0 Å². The van der Waals surface area contributed by atoms with E-state index in [9.17, 15) is 0 Å². The summed E-state index contributed by atoms with van der Waals surface area (Å²) in [4.78, 5) is 2.36. The minimum absolute atomic E-state index is 0.399. The van der Waals surface area contributed by atoms with Crippen molar-refractivity contribution < 1.29 is 0 Å². The Balaban J connectivity index is 2.80. The van der Waals surface area contributed by atoms with Gasteiger partial charge in [0.25, 0.3) is 0 Å². The van der Waals surface area contributed by atoms with Crippen LogP contribution in [0.1, 0.15) is 25.5 Å². The van der Waals surface area contributed by atoms with E-state index in [2.05, 4.69) is 61.4 Å². The normalized spacial score (nSPS) is 15.3. The number of likely N-dealkylation sites (N-methyl/N-ethyl adjacent to an activating group) is 2. The van der Waals surface area contributed by atoms with E-state index >= 15 is 0 Å². The molecule has 1 aromatic carbocycles. The van der Waals surface area contributed by atoms with Crippen LogP contribution in [0.4, 0.5) is 0 Å². The maximum absolute atomic E-state index is 3.39. The molecular formula is C13H22N2. The lowest BCUT2D eigenvalue weighted by atomic mass is 10.00. The highest BCUT2D eigenvalue weighted by molar-refractivity contribution is 5.20. The second-order valence-corrected chi connectivity index (χ2v) is 3.99. The second kappa shape index (κ2) is 5.89. The van der Waals surface area contributed by atoms with Gasteiger partial charge in [0.1, 0.15) is 0 Å². The fourth-order valence-corrected chi connectivity index (χ4v) is 1.89. The van der Waals surface area contributed by atoms with Crippen LogP contribution < -0.4 is 5.32 Å². The average Bonchev–Trinajstić information content (AvgIpc) is 2.30. The van der Waals surface area contributed by atoms with Gasteiger partial charge in [-0.15, -0.1) is 0 Å². The second-order valence-electron chi connectivity index (χ2n) is 3.99. The predicted octanol–water partition coefficient (Wildman–Crippen LogP) is 2.29. The molecule has 0 fully saturated rings.